The highest BCUT2D eigenvalue weighted by Gasteiger charge is 2.18. The molecule has 0 aliphatic carbocycles. The summed E-state index contributed by atoms with van der Waals surface area (Å²) in [6.07, 6.45) is 6.77. The Morgan fingerprint density at radius 3 is 2.58 bits per heavy atom. The fourth-order valence-electron chi connectivity index (χ4n) is 3.29. The first-order valence-electron chi connectivity index (χ1n) is 10.1. The largest absolute Gasteiger partial charge is 0.323 e. The highest BCUT2D eigenvalue weighted by Crippen LogP contribution is 2.28. The monoisotopic (exact) mass is 454 g/mol. The van der Waals surface area contributed by atoms with Crippen molar-refractivity contribution < 1.29 is 4.79 Å². The normalized spacial score (nSPS) is 10.8. The minimum Gasteiger partial charge on any atom is -0.323 e. The van der Waals surface area contributed by atoms with Crippen molar-refractivity contribution in [3.8, 4) is 22.8 Å². The Hall–Kier alpha value is -4.31. The summed E-state index contributed by atoms with van der Waals surface area (Å²) in [7, 11) is 0. The van der Waals surface area contributed by atoms with Crippen molar-refractivity contribution in [3.63, 3.8) is 0 Å². The van der Waals surface area contributed by atoms with Crippen molar-refractivity contribution in [1.29, 1.82) is 0 Å². The van der Waals surface area contributed by atoms with Gasteiger partial charge in [-0.15, -0.1) is 15.3 Å². The van der Waals surface area contributed by atoms with E-state index in [0.29, 0.717) is 16.7 Å². The van der Waals surface area contributed by atoms with E-state index < -0.39 is 0 Å². The molecule has 0 radical (unpaired) electrons. The lowest BCUT2D eigenvalue weighted by atomic mass is 10.2. The third-order valence-corrected chi connectivity index (χ3v) is 5.68. The standard InChI is InChI=1S/C23H18N8OS/c32-21(26-19-10-4-5-11-20(19)30-14-13-25-29-30)16-33-23-28-27-22(17-7-6-12-24-15-17)31(23)18-8-2-1-3-9-18/h1-15H,16H2,(H,26,32). The zero-order valence-corrected chi connectivity index (χ0v) is 18.1. The van der Waals surface area contributed by atoms with Crippen molar-refractivity contribution >= 4 is 23.4 Å². The number of carbonyl (C=O) groups is 1. The minimum atomic E-state index is -0.168. The maximum atomic E-state index is 12.8. The van der Waals surface area contributed by atoms with E-state index in [1.807, 2.05) is 71.3 Å². The number of hydrogen-bond acceptors (Lipinski definition) is 7. The third kappa shape index (κ3) is 4.51. The van der Waals surface area contributed by atoms with Crippen LogP contribution in [0.2, 0.25) is 0 Å². The Labute approximate surface area is 193 Å². The van der Waals surface area contributed by atoms with Crippen LogP contribution in [0.1, 0.15) is 0 Å². The molecule has 1 N–H and O–H groups in total. The van der Waals surface area contributed by atoms with Crippen LogP contribution < -0.4 is 5.32 Å². The molecule has 0 fully saturated rings. The van der Waals surface area contributed by atoms with Gasteiger partial charge in [-0.2, -0.15) is 0 Å². The molecule has 0 aliphatic rings. The number of amides is 1. The zero-order chi connectivity index (χ0) is 22.5. The van der Waals surface area contributed by atoms with E-state index in [2.05, 4.69) is 30.8 Å². The maximum absolute atomic E-state index is 12.8. The van der Waals surface area contributed by atoms with Gasteiger partial charge in [-0.3, -0.25) is 14.3 Å². The van der Waals surface area contributed by atoms with E-state index in [1.54, 1.807) is 29.5 Å². The Morgan fingerprint density at radius 2 is 1.79 bits per heavy atom. The highest BCUT2D eigenvalue weighted by molar-refractivity contribution is 7.99. The topological polar surface area (TPSA) is 103 Å². The second-order valence-corrected chi connectivity index (χ2v) is 7.86. The molecule has 9 nitrogen and oxygen atoms in total. The second kappa shape index (κ2) is 9.45. The molecular weight excluding hydrogens is 436 g/mol. The number of hydrogen-bond donors (Lipinski definition) is 1. The molecule has 0 saturated heterocycles. The number of aromatic nitrogens is 7. The van der Waals surface area contributed by atoms with Gasteiger partial charge in [0.1, 0.15) is 0 Å². The maximum Gasteiger partial charge on any atom is 0.234 e. The Balaban J connectivity index is 1.38. The first-order chi connectivity index (χ1) is 16.3. The Morgan fingerprint density at radius 1 is 0.939 bits per heavy atom. The summed E-state index contributed by atoms with van der Waals surface area (Å²) in [5.74, 6) is 0.649. The summed E-state index contributed by atoms with van der Waals surface area (Å²) in [6.45, 7) is 0. The van der Waals surface area contributed by atoms with Crippen LogP contribution in [0.3, 0.4) is 0 Å². The van der Waals surface area contributed by atoms with E-state index >= 15 is 0 Å². The van der Waals surface area contributed by atoms with E-state index in [-0.39, 0.29) is 11.7 Å². The molecule has 0 saturated carbocycles. The van der Waals surface area contributed by atoms with Crippen LogP contribution in [-0.4, -0.2) is 46.4 Å². The second-order valence-electron chi connectivity index (χ2n) is 6.92. The lowest BCUT2D eigenvalue weighted by Gasteiger charge is -2.11. The quantitative estimate of drug-likeness (QED) is 0.375. The first-order valence-corrected chi connectivity index (χ1v) is 11.1. The summed E-state index contributed by atoms with van der Waals surface area (Å²) in [5, 5.41) is 20.1. The summed E-state index contributed by atoms with van der Waals surface area (Å²) >= 11 is 1.31. The highest BCUT2D eigenvalue weighted by atomic mass is 32.2. The van der Waals surface area contributed by atoms with Gasteiger partial charge in [0.15, 0.2) is 11.0 Å². The predicted molar refractivity (Wildman–Crippen MR) is 125 cm³/mol. The number of para-hydroxylation sites is 3. The average Bonchev–Trinajstić information content (AvgIpc) is 3.55. The van der Waals surface area contributed by atoms with Gasteiger partial charge in [-0.05, 0) is 36.4 Å². The van der Waals surface area contributed by atoms with Gasteiger partial charge >= 0.3 is 0 Å². The van der Waals surface area contributed by atoms with Crippen LogP contribution in [0.15, 0.2) is 96.7 Å². The van der Waals surface area contributed by atoms with Gasteiger partial charge < -0.3 is 5.32 Å². The molecule has 1 amide bonds. The summed E-state index contributed by atoms with van der Waals surface area (Å²) in [4.78, 5) is 17.0. The van der Waals surface area contributed by atoms with E-state index in [1.165, 1.54) is 11.8 Å². The van der Waals surface area contributed by atoms with Gasteiger partial charge in [0.25, 0.3) is 0 Å². The van der Waals surface area contributed by atoms with Crippen LogP contribution in [0.25, 0.3) is 22.8 Å². The zero-order valence-electron chi connectivity index (χ0n) is 17.3. The fraction of sp³-hybridized carbons (Fsp3) is 0.0435. The molecule has 0 atom stereocenters. The van der Waals surface area contributed by atoms with Crippen molar-refractivity contribution in [3.05, 3.63) is 91.5 Å². The molecule has 5 aromatic rings. The Kier molecular flexibility index (Phi) is 5.89. The molecule has 3 aromatic heterocycles. The van der Waals surface area contributed by atoms with Crippen LogP contribution in [-0.2, 0) is 4.79 Å². The third-order valence-electron chi connectivity index (χ3n) is 4.75. The van der Waals surface area contributed by atoms with Crippen LogP contribution >= 0.6 is 11.8 Å². The lowest BCUT2D eigenvalue weighted by molar-refractivity contribution is -0.113. The van der Waals surface area contributed by atoms with Crippen LogP contribution in [0, 0.1) is 0 Å². The minimum absolute atomic E-state index is 0.156. The number of anilines is 1. The van der Waals surface area contributed by atoms with Gasteiger partial charge in [0.2, 0.25) is 5.91 Å². The predicted octanol–water partition coefficient (Wildman–Crippen LogP) is 3.64. The molecule has 0 spiro atoms. The summed E-state index contributed by atoms with van der Waals surface area (Å²) in [6, 6.07) is 21.0. The SMILES string of the molecule is O=C(CSc1nnc(-c2cccnc2)n1-c1ccccc1)Nc1ccccc1-n1ccnn1. The molecule has 0 unspecified atom stereocenters. The van der Waals surface area contributed by atoms with Crippen molar-refractivity contribution in [2.45, 2.75) is 5.16 Å². The Bertz CT molecular complexity index is 1350. The van der Waals surface area contributed by atoms with Gasteiger partial charge in [-0.1, -0.05) is 47.3 Å². The molecule has 5 rings (SSSR count). The molecule has 10 heteroatoms. The molecule has 162 valence electrons. The number of pyridine rings is 1. The molecule has 0 aliphatic heterocycles. The van der Waals surface area contributed by atoms with Gasteiger partial charge in [0.05, 0.1) is 29.5 Å². The van der Waals surface area contributed by atoms with Crippen molar-refractivity contribution in [2.75, 3.05) is 11.1 Å². The first kappa shape index (κ1) is 20.6. The van der Waals surface area contributed by atoms with Gasteiger partial charge in [-0.25, -0.2) is 4.68 Å². The number of nitrogens with one attached hydrogen (secondary N) is 1. The number of rotatable bonds is 7. The molecule has 0 bridgehead atoms. The lowest BCUT2D eigenvalue weighted by Crippen LogP contribution is -2.16. The molecule has 3 heterocycles. The van der Waals surface area contributed by atoms with Crippen LogP contribution in [0.5, 0.6) is 0 Å². The smallest absolute Gasteiger partial charge is 0.234 e. The van der Waals surface area contributed by atoms with Crippen LogP contribution in [0.4, 0.5) is 5.69 Å². The average molecular weight is 455 g/mol. The van der Waals surface area contributed by atoms with E-state index in [0.717, 1.165) is 16.9 Å². The molecule has 33 heavy (non-hydrogen) atoms. The fourth-order valence-corrected chi connectivity index (χ4v) is 4.04. The number of thioether (sulfide) groups is 1. The number of nitrogens with zero attached hydrogens (tertiary/aromatic N) is 7. The summed E-state index contributed by atoms with van der Waals surface area (Å²) in [5.41, 5.74) is 3.13. The summed E-state index contributed by atoms with van der Waals surface area (Å²) < 4.78 is 3.53. The van der Waals surface area contributed by atoms with Crippen molar-refractivity contribution in [2.24, 2.45) is 0 Å². The number of carbonyl (C=O) groups excluding carboxylic acids is 1. The molecular formula is C23H18N8OS. The van der Waals surface area contributed by atoms with Gasteiger partial charge in [0, 0.05) is 23.6 Å². The van der Waals surface area contributed by atoms with Crippen molar-refractivity contribution in [1.82, 2.24) is 34.7 Å². The van der Waals surface area contributed by atoms with E-state index in [4.69, 9.17) is 0 Å². The molecule has 2 aromatic carbocycles. The van der Waals surface area contributed by atoms with E-state index in [9.17, 15) is 4.79 Å². The number of benzene rings is 2.